The predicted octanol–water partition coefficient (Wildman–Crippen LogP) is 4.40. The van der Waals surface area contributed by atoms with Gasteiger partial charge in [0.1, 0.15) is 12.4 Å². The molecule has 3 heteroatoms. The van der Waals surface area contributed by atoms with Gasteiger partial charge in [-0.15, -0.1) is 6.42 Å². The van der Waals surface area contributed by atoms with Crippen molar-refractivity contribution in [2.45, 2.75) is 12.8 Å². The molecule has 0 heterocycles. The Hall–Kier alpha value is -0.720. The van der Waals surface area contributed by atoms with Gasteiger partial charge in [0.05, 0.1) is 4.47 Å². The van der Waals surface area contributed by atoms with Crippen molar-refractivity contribution >= 4 is 37.9 Å². The summed E-state index contributed by atoms with van der Waals surface area (Å²) < 4.78 is 7.50. The van der Waals surface area contributed by atoms with Gasteiger partial charge in [-0.05, 0) is 40.9 Å². The zero-order valence-electron chi connectivity index (χ0n) is 8.59. The predicted molar refractivity (Wildman–Crippen MR) is 73.4 cm³/mol. The molecule has 0 aromatic heterocycles. The molecule has 1 nitrogen and oxygen atoms in total. The molecule has 1 aliphatic carbocycles. The third kappa shape index (κ3) is 2.90. The summed E-state index contributed by atoms with van der Waals surface area (Å²) in [7, 11) is 0. The van der Waals surface area contributed by atoms with E-state index in [1.165, 1.54) is 18.4 Å². The van der Waals surface area contributed by atoms with Crippen molar-refractivity contribution in [3.05, 3.63) is 32.2 Å². The quantitative estimate of drug-likeness (QED) is 0.740. The van der Waals surface area contributed by atoms with Crippen molar-refractivity contribution in [2.75, 3.05) is 6.61 Å². The van der Waals surface area contributed by atoms with E-state index in [1.54, 1.807) is 0 Å². The standard InChI is InChI=1S/C13H10Br2O/c1-2-5-16-13-10(6-9-3-4-9)7-11(14)8-12(13)15/h1,6-8H,3-5H2. The van der Waals surface area contributed by atoms with Gasteiger partial charge in [0.25, 0.3) is 0 Å². The molecule has 1 aliphatic rings. The van der Waals surface area contributed by atoms with E-state index in [0.29, 0.717) is 0 Å². The van der Waals surface area contributed by atoms with Crippen LogP contribution in [0.15, 0.2) is 26.7 Å². The molecule has 1 fully saturated rings. The second kappa shape index (κ2) is 5.07. The zero-order valence-corrected chi connectivity index (χ0v) is 11.8. The maximum Gasteiger partial charge on any atom is 0.148 e. The van der Waals surface area contributed by atoms with Crippen molar-refractivity contribution in [3.63, 3.8) is 0 Å². The Labute approximate surface area is 112 Å². The highest BCUT2D eigenvalue weighted by Crippen LogP contribution is 2.38. The molecule has 0 amide bonds. The SMILES string of the molecule is C#CCOc1c(Br)cc(Br)cc1C=C1CC1. The lowest BCUT2D eigenvalue weighted by atomic mass is 10.2. The van der Waals surface area contributed by atoms with Crippen LogP contribution in [0.5, 0.6) is 5.75 Å². The molecule has 1 aromatic carbocycles. The number of halogens is 2. The first-order valence-electron chi connectivity index (χ1n) is 4.95. The van der Waals surface area contributed by atoms with Crippen molar-refractivity contribution in [2.24, 2.45) is 0 Å². The monoisotopic (exact) mass is 340 g/mol. The topological polar surface area (TPSA) is 9.23 Å². The van der Waals surface area contributed by atoms with Crippen LogP contribution in [0.25, 0.3) is 6.08 Å². The zero-order chi connectivity index (χ0) is 11.5. The van der Waals surface area contributed by atoms with E-state index >= 15 is 0 Å². The highest BCUT2D eigenvalue weighted by molar-refractivity contribution is 9.11. The van der Waals surface area contributed by atoms with Crippen LogP contribution in [0.1, 0.15) is 18.4 Å². The number of benzene rings is 1. The Bertz CT molecular complexity index is 477. The van der Waals surface area contributed by atoms with Crippen LogP contribution in [0.4, 0.5) is 0 Å². The number of allylic oxidation sites excluding steroid dienone is 1. The Morgan fingerprint density at radius 2 is 2.12 bits per heavy atom. The fourth-order valence-corrected chi connectivity index (χ4v) is 2.76. The molecule has 2 rings (SSSR count). The summed E-state index contributed by atoms with van der Waals surface area (Å²) in [5, 5.41) is 0. The Balaban J connectivity index is 2.38. The van der Waals surface area contributed by atoms with E-state index in [4.69, 9.17) is 11.2 Å². The van der Waals surface area contributed by atoms with Gasteiger partial charge in [0.15, 0.2) is 0 Å². The molecular weight excluding hydrogens is 332 g/mol. The highest BCUT2D eigenvalue weighted by atomic mass is 79.9. The van der Waals surface area contributed by atoms with Crippen LogP contribution in [0.2, 0.25) is 0 Å². The molecule has 0 N–H and O–H groups in total. The summed E-state index contributed by atoms with van der Waals surface area (Å²) in [5.74, 6) is 3.30. The number of hydrogen-bond acceptors (Lipinski definition) is 1. The van der Waals surface area contributed by atoms with Gasteiger partial charge in [-0.3, -0.25) is 0 Å². The molecule has 82 valence electrons. The average Bonchev–Trinajstić information content (AvgIpc) is 3.00. The van der Waals surface area contributed by atoms with E-state index in [-0.39, 0.29) is 6.61 Å². The smallest absolute Gasteiger partial charge is 0.148 e. The van der Waals surface area contributed by atoms with E-state index in [9.17, 15) is 0 Å². The van der Waals surface area contributed by atoms with Crippen molar-refractivity contribution in [1.29, 1.82) is 0 Å². The van der Waals surface area contributed by atoms with Crippen molar-refractivity contribution < 1.29 is 4.74 Å². The lowest BCUT2D eigenvalue weighted by Crippen LogP contribution is -1.96. The Morgan fingerprint density at radius 1 is 1.38 bits per heavy atom. The van der Waals surface area contributed by atoms with E-state index in [2.05, 4.69) is 43.9 Å². The Morgan fingerprint density at radius 3 is 2.75 bits per heavy atom. The molecule has 0 saturated heterocycles. The second-order valence-electron chi connectivity index (χ2n) is 3.60. The largest absolute Gasteiger partial charge is 0.479 e. The molecule has 0 bridgehead atoms. The van der Waals surface area contributed by atoms with Crippen LogP contribution in [0.3, 0.4) is 0 Å². The summed E-state index contributed by atoms with van der Waals surface area (Å²) >= 11 is 6.96. The summed E-state index contributed by atoms with van der Waals surface area (Å²) in [5.41, 5.74) is 2.53. The van der Waals surface area contributed by atoms with Gasteiger partial charge in [0.2, 0.25) is 0 Å². The van der Waals surface area contributed by atoms with Crippen LogP contribution in [-0.4, -0.2) is 6.61 Å². The summed E-state index contributed by atoms with van der Waals surface area (Å²) in [4.78, 5) is 0. The van der Waals surface area contributed by atoms with Crippen LogP contribution >= 0.6 is 31.9 Å². The molecular formula is C13H10Br2O. The fraction of sp³-hybridized carbons (Fsp3) is 0.231. The van der Waals surface area contributed by atoms with Gasteiger partial charge in [-0.1, -0.05) is 33.5 Å². The van der Waals surface area contributed by atoms with Gasteiger partial charge < -0.3 is 4.74 Å². The maximum absolute atomic E-state index is 5.55. The van der Waals surface area contributed by atoms with Gasteiger partial charge in [-0.2, -0.15) is 0 Å². The van der Waals surface area contributed by atoms with Crippen LogP contribution in [0, 0.1) is 12.3 Å². The van der Waals surface area contributed by atoms with E-state index < -0.39 is 0 Å². The molecule has 0 aliphatic heterocycles. The molecule has 1 aromatic rings. The van der Waals surface area contributed by atoms with Crippen molar-refractivity contribution in [3.8, 4) is 18.1 Å². The molecule has 0 atom stereocenters. The molecule has 0 spiro atoms. The van der Waals surface area contributed by atoms with Crippen molar-refractivity contribution in [1.82, 2.24) is 0 Å². The molecule has 0 radical (unpaired) electrons. The van der Waals surface area contributed by atoms with Gasteiger partial charge in [0, 0.05) is 10.0 Å². The number of terminal acetylenes is 1. The summed E-state index contributed by atoms with van der Waals surface area (Å²) in [6.45, 7) is 0.288. The first kappa shape index (κ1) is 11.8. The summed E-state index contributed by atoms with van der Waals surface area (Å²) in [6.07, 6.45) is 9.76. The minimum absolute atomic E-state index is 0.288. The third-order valence-corrected chi connectivity index (χ3v) is 3.28. The molecule has 1 saturated carbocycles. The average molecular weight is 342 g/mol. The lowest BCUT2D eigenvalue weighted by Gasteiger charge is -2.09. The Kier molecular flexibility index (Phi) is 3.73. The maximum atomic E-state index is 5.55. The first-order valence-corrected chi connectivity index (χ1v) is 6.54. The summed E-state index contributed by atoms with van der Waals surface area (Å²) in [6, 6.07) is 4.00. The van der Waals surface area contributed by atoms with E-state index in [1.807, 2.05) is 12.1 Å². The fourth-order valence-electron chi connectivity index (χ4n) is 1.39. The lowest BCUT2D eigenvalue weighted by molar-refractivity contribution is 0.367. The normalized spacial score (nSPS) is 13.2. The first-order chi connectivity index (χ1) is 7.70. The number of hydrogen-bond donors (Lipinski definition) is 0. The van der Waals surface area contributed by atoms with E-state index in [0.717, 1.165) is 20.3 Å². The minimum Gasteiger partial charge on any atom is -0.479 e. The minimum atomic E-state index is 0.288. The highest BCUT2D eigenvalue weighted by Gasteiger charge is 2.14. The molecule has 0 unspecified atom stereocenters. The van der Waals surface area contributed by atoms with Gasteiger partial charge >= 0.3 is 0 Å². The third-order valence-electron chi connectivity index (χ3n) is 2.24. The molecule has 16 heavy (non-hydrogen) atoms. The van der Waals surface area contributed by atoms with Gasteiger partial charge in [-0.25, -0.2) is 0 Å². The number of rotatable bonds is 3. The second-order valence-corrected chi connectivity index (χ2v) is 5.37. The van der Waals surface area contributed by atoms with Crippen LogP contribution in [-0.2, 0) is 0 Å². The number of ether oxygens (including phenoxy) is 1. The van der Waals surface area contributed by atoms with Crippen LogP contribution < -0.4 is 4.74 Å².